The molecule has 2 N–H and O–H groups in total. The second-order valence-corrected chi connectivity index (χ2v) is 8.92. The Bertz CT molecular complexity index is 898. The molecular weight excluding hydrogens is 376 g/mol. The lowest BCUT2D eigenvalue weighted by atomic mass is 10.0. The first kappa shape index (κ1) is 20.5. The van der Waals surface area contributed by atoms with E-state index in [1.54, 1.807) is 12.1 Å². The fourth-order valence-corrected chi connectivity index (χ4v) is 4.30. The van der Waals surface area contributed by atoms with Gasteiger partial charge in [-0.25, -0.2) is 13.1 Å². The summed E-state index contributed by atoms with van der Waals surface area (Å²) in [5, 5.41) is 3.12. The van der Waals surface area contributed by atoms with Gasteiger partial charge in [-0.3, -0.25) is 4.79 Å². The van der Waals surface area contributed by atoms with Gasteiger partial charge >= 0.3 is 0 Å². The minimum Gasteiger partial charge on any atom is -0.383 e. The van der Waals surface area contributed by atoms with Gasteiger partial charge in [-0.15, -0.1) is 0 Å². The number of benzene rings is 2. The Morgan fingerprint density at radius 1 is 1.14 bits per heavy atom. The molecule has 150 valence electrons. The Balaban J connectivity index is 1.70. The van der Waals surface area contributed by atoms with Crippen molar-refractivity contribution in [3.8, 4) is 0 Å². The lowest BCUT2D eigenvalue weighted by Crippen LogP contribution is -2.30. The largest absolute Gasteiger partial charge is 0.383 e. The zero-order chi connectivity index (χ0) is 20.1. The summed E-state index contributed by atoms with van der Waals surface area (Å²) in [6, 6.07) is 15.9. The smallest absolute Gasteiger partial charge is 0.251 e. The van der Waals surface area contributed by atoms with E-state index in [9.17, 15) is 13.2 Å². The van der Waals surface area contributed by atoms with Gasteiger partial charge in [-0.2, -0.15) is 0 Å². The lowest BCUT2D eigenvalue weighted by molar-refractivity contribution is 0.0930. The Kier molecular flexibility index (Phi) is 6.49. The number of hydrogen-bond acceptors (Lipinski definition) is 4. The number of ether oxygens (including phenoxy) is 1. The van der Waals surface area contributed by atoms with Crippen LogP contribution in [0, 0.1) is 11.8 Å². The quantitative estimate of drug-likeness (QED) is 0.632. The van der Waals surface area contributed by atoms with Crippen LogP contribution in [0.1, 0.15) is 35.3 Å². The average Bonchev–Trinajstić information content (AvgIpc) is 3.43. The van der Waals surface area contributed by atoms with Gasteiger partial charge in [0.15, 0.2) is 0 Å². The van der Waals surface area contributed by atoms with Crippen molar-refractivity contribution in [1.29, 1.82) is 0 Å². The molecule has 3 unspecified atom stereocenters. The Hall–Kier alpha value is -2.22. The van der Waals surface area contributed by atoms with Crippen molar-refractivity contribution in [3.05, 3.63) is 65.7 Å². The van der Waals surface area contributed by atoms with E-state index in [-0.39, 0.29) is 23.4 Å². The second-order valence-electron chi connectivity index (χ2n) is 7.15. The third-order valence-electron chi connectivity index (χ3n) is 5.07. The van der Waals surface area contributed by atoms with Crippen LogP contribution < -0.4 is 10.0 Å². The summed E-state index contributed by atoms with van der Waals surface area (Å²) in [6.07, 6.45) is 1.09. The van der Waals surface area contributed by atoms with Crippen LogP contribution in [-0.2, 0) is 14.8 Å². The van der Waals surface area contributed by atoms with Crippen molar-refractivity contribution in [1.82, 2.24) is 10.0 Å². The van der Waals surface area contributed by atoms with Crippen LogP contribution in [0.3, 0.4) is 0 Å². The third-order valence-corrected chi connectivity index (χ3v) is 6.55. The van der Waals surface area contributed by atoms with E-state index >= 15 is 0 Å². The second kappa shape index (κ2) is 8.86. The first-order chi connectivity index (χ1) is 13.4. The third kappa shape index (κ3) is 4.98. The molecule has 2 aromatic carbocycles. The molecule has 1 aliphatic carbocycles. The van der Waals surface area contributed by atoms with Gasteiger partial charge < -0.3 is 10.1 Å². The molecule has 3 rings (SSSR count). The predicted molar refractivity (Wildman–Crippen MR) is 107 cm³/mol. The topological polar surface area (TPSA) is 84.5 Å². The zero-order valence-electron chi connectivity index (χ0n) is 16.1. The van der Waals surface area contributed by atoms with Gasteiger partial charge in [0.2, 0.25) is 10.0 Å². The number of methoxy groups -OCH3 is 1. The molecule has 3 atom stereocenters. The van der Waals surface area contributed by atoms with Crippen LogP contribution in [0.4, 0.5) is 0 Å². The highest BCUT2D eigenvalue weighted by molar-refractivity contribution is 7.89. The van der Waals surface area contributed by atoms with E-state index in [1.807, 2.05) is 30.3 Å². The number of nitrogens with one attached hydrogen (secondary N) is 2. The molecular formula is C21H26N2O4S. The van der Waals surface area contributed by atoms with Gasteiger partial charge in [0.25, 0.3) is 5.91 Å². The van der Waals surface area contributed by atoms with E-state index < -0.39 is 10.0 Å². The molecule has 1 aliphatic rings. The van der Waals surface area contributed by atoms with Crippen molar-refractivity contribution in [2.75, 3.05) is 20.3 Å². The maximum Gasteiger partial charge on any atom is 0.251 e. The highest BCUT2D eigenvalue weighted by Crippen LogP contribution is 2.47. The molecule has 0 aliphatic heterocycles. The molecule has 0 spiro atoms. The van der Waals surface area contributed by atoms with E-state index in [4.69, 9.17) is 4.74 Å². The monoisotopic (exact) mass is 402 g/mol. The number of sulfonamides is 1. The van der Waals surface area contributed by atoms with Crippen LogP contribution in [-0.4, -0.2) is 34.6 Å². The van der Waals surface area contributed by atoms with E-state index in [1.165, 1.54) is 19.2 Å². The molecule has 7 heteroatoms. The van der Waals surface area contributed by atoms with Crippen LogP contribution in [0.5, 0.6) is 0 Å². The van der Waals surface area contributed by atoms with Crippen LogP contribution in [0.2, 0.25) is 0 Å². The summed E-state index contributed by atoms with van der Waals surface area (Å²) in [7, 11) is -2.11. The SMILES string of the molecule is COCCNS(=O)(=O)c1ccc(C(=O)NC(c2ccccc2)C2CC2C)cc1. The summed E-state index contributed by atoms with van der Waals surface area (Å²) in [4.78, 5) is 12.9. The fraction of sp³-hybridized carbons (Fsp3) is 0.381. The predicted octanol–water partition coefficient (Wildman–Crippen LogP) is 2.74. The van der Waals surface area contributed by atoms with Crippen molar-refractivity contribution >= 4 is 15.9 Å². The molecule has 6 nitrogen and oxygen atoms in total. The van der Waals surface area contributed by atoms with Crippen molar-refractivity contribution in [2.45, 2.75) is 24.3 Å². The molecule has 28 heavy (non-hydrogen) atoms. The zero-order valence-corrected chi connectivity index (χ0v) is 16.9. The summed E-state index contributed by atoms with van der Waals surface area (Å²) in [5.41, 5.74) is 1.52. The summed E-state index contributed by atoms with van der Waals surface area (Å²) >= 11 is 0. The first-order valence-electron chi connectivity index (χ1n) is 9.37. The molecule has 1 saturated carbocycles. The van der Waals surface area contributed by atoms with Crippen LogP contribution >= 0.6 is 0 Å². The molecule has 1 amide bonds. The van der Waals surface area contributed by atoms with Crippen molar-refractivity contribution in [3.63, 3.8) is 0 Å². The molecule has 0 heterocycles. The number of hydrogen-bond donors (Lipinski definition) is 2. The highest BCUT2D eigenvalue weighted by atomic mass is 32.2. The normalized spacial score (nSPS) is 19.8. The molecule has 0 aromatic heterocycles. The lowest BCUT2D eigenvalue weighted by Gasteiger charge is -2.19. The maximum absolute atomic E-state index is 12.7. The standard InChI is InChI=1S/C21H26N2O4S/c1-15-14-19(15)20(16-6-4-3-5-7-16)23-21(24)17-8-10-18(11-9-17)28(25,26)22-12-13-27-2/h3-11,15,19-20,22H,12-14H2,1-2H3,(H,23,24). The number of carbonyl (C=O) groups excluding carboxylic acids is 1. The van der Waals surface area contributed by atoms with Gasteiger partial charge in [-0.1, -0.05) is 37.3 Å². The number of amides is 1. The average molecular weight is 403 g/mol. The van der Waals surface area contributed by atoms with Gasteiger partial charge in [0, 0.05) is 19.2 Å². The molecule has 0 bridgehead atoms. The Morgan fingerprint density at radius 3 is 2.36 bits per heavy atom. The van der Waals surface area contributed by atoms with E-state index in [0.29, 0.717) is 24.0 Å². The maximum atomic E-state index is 12.7. The van der Waals surface area contributed by atoms with Gasteiger partial charge in [0.1, 0.15) is 0 Å². The van der Waals surface area contributed by atoms with Crippen molar-refractivity contribution in [2.24, 2.45) is 11.8 Å². The van der Waals surface area contributed by atoms with Crippen LogP contribution in [0.25, 0.3) is 0 Å². The summed E-state index contributed by atoms with van der Waals surface area (Å²) in [5.74, 6) is 0.802. The minimum atomic E-state index is -3.61. The number of rotatable bonds is 9. The fourth-order valence-electron chi connectivity index (χ4n) is 3.28. The van der Waals surface area contributed by atoms with Crippen LogP contribution in [0.15, 0.2) is 59.5 Å². The Morgan fingerprint density at radius 2 is 1.79 bits per heavy atom. The molecule has 0 radical (unpaired) electrons. The van der Waals surface area contributed by atoms with E-state index in [0.717, 1.165) is 12.0 Å². The van der Waals surface area contributed by atoms with E-state index in [2.05, 4.69) is 17.0 Å². The molecule has 2 aromatic rings. The number of carbonyl (C=O) groups is 1. The first-order valence-corrected chi connectivity index (χ1v) is 10.8. The van der Waals surface area contributed by atoms with Crippen molar-refractivity contribution < 1.29 is 17.9 Å². The Labute approximate surface area is 166 Å². The minimum absolute atomic E-state index is 0.0391. The molecule has 1 fully saturated rings. The summed E-state index contributed by atoms with van der Waals surface area (Å²) in [6.45, 7) is 2.67. The summed E-state index contributed by atoms with van der Waals surface area (Å²) < 4.78 is 31.7. The van der Waals surface area contributed by atoms with Gasteiger partial charge in [0.05, 0.1) is 17.5 Å². The van der Waals surface area contributed by atoms with Gasteiger partial charge in [-0.05, 0) is 48.1 Å². The highest BCUT2D eigenvalue weighted by Gasteiger charge is 2.41. The molecule has 0 saturated heterocycles.